The van der Waals surface area contributed by atoms with Crippen LogP contribution >= 0.6 is 0 Å². The molecule has 0 aromatic heterocycles. The summed E-state index contributed by atoms with van der Waals surface area (Å²) in [5, 5.41) is 3.65. The van der Waals surface area contributed by atoms with E-state index < -0.39 is 0 Å². The van der Waals surface area contributed by atoms with Gasteiger partial charge in [0.25, 0.3) is 0 Å². The molecule has 0 saturated carbocycles. The first-order valence-electron chi connectivity index (χ1n) is 7.27. The van der Waals surface area contributed by atoms with Crippen molar-refractivity contribution in [1.82, 2.24) is 10.2 Å². The van der Waals surface area contributed by atoms with Crippen molar-refractivity contribution in [3.8, 4) is 0 Å². The smallest absolute Gasteiger partial charge is 0.0478 e. The van der Waals surface area contributed by atoms with Crippen LogP contribution in [0.1, 0.15) is 40.0 Å². The Kier molecular flexibility index (Phi) is 7.82. The molecule has 102 valence electrons. The second-order valence-electron chi connectivity index (χ2n) is 5.42. The molecule has 0 spiro atoms. The topological polar surface area (TPSA) is 24.5 Å². The molecule has 1 fully saturated rings. The zero-order chi connectivity index (χ0) is 12.5. The molecule has 1 rings (SSSR count). The van der Waals surface area contributed by atoms with Crippen molar-refractivity contribution < 1.29 is 4.74 Å². The van der Waals surface area contributed by atoms with Crippen LogP contribution in [0.5, 0.6) is 0 Å². The maximum Gasteiger partial charge on any atom is 0.0478 e. The molecule has 1 aliphatic rings. The van der Waals surface area contributed by atoms with Crippen LogP contribution in [-0.2, 0) is 4.74 Å². The summed E-state index contributed by atoms with van der Waals surface area (Å²) in [6.45, 7) is 13.4. The summed E-state index contributed by atoms with van der Waals surface area (Å²) in [4.78, 5) is 2.60. The van der Waals surface area contributed by atoms with Gasteiger partial charge in [0.15, 0.2) is 0 Å². The number of hydrogen-bond acceptors (Lipinski definition) is 3. The van der Waals surface area contributed by atoms with Crippen LogP contribution in [-0.4, -0.2) is 50.3 Å². The minimum atomic E-state index is 0.661. The predicted molar refractivity (Wildman–Crippen MR) is 73.4 cm³/mol. The second kappa shape index (κ2) is 8.90. The molecule has 1 aliphatic heterocycles. The minimum absolute atomic E-state index is 0.661. The van der Waals surface area contributed by atoms with Gasteiger partial charge in [0.05, 0.1) is 0 Å². The quantitative estimate of drug-likeness (QED) is 0.692. The van der Waals surface area contributed by atoms with Crippen molar-refractivity contribution in [3.63, 3.8) is 0 Å². The number of hydrogen-bond donors (Lipinski definition) is 1. The summed E-state index contributed by atoms with van der Waals surface area (Å²) in [6.07, 6.45) is 3.58. The first kappa shape index (κ1) is 14.9. The molecule has 0 amide bonds. The van der Waals surface area contributed by atoms with Crippen LogP contribution in [0.4, 0.5) is 0 Å². The Hall–Kier alpha value is -0.120. The van der Waals surface area contributed by atoms with Gasteiger partial charge >= 0.3 is 0 Å². The molecule has 0 aromatic rings. The summed E-state index contributed by atoms with van der Waals surface area (Å²) >= 11 is 0. The highest BCUT2D eigenvalue weighted by molar-refractivity contribution is 4.78. The van der Waals surface area contributed by atoms with Gasteiger partial charge in [0.1, 0.15) is 0 Å². The predicted octanol–water partition coefficient (Wildman–Crippen LogP) is 2.12. The van der Waals surface area contributed by atoms with Gasteiger partial charge in [-0.15, -0.1) is 0 Å². The highest BCUT2D eigenvalue weighted by Gasteiger charge is 2.19. The molecule has 1 unspecified atom stereocenters. The van der Waals surface area contributed by atoms with Gasteiger partial charge < -0.3 is 15.0 Å². The molecule has 1 N–H and O–H groups in total. The van der Waals surface area contributed by atoms with Gasteiger partial charge in [-0.2, -0.15) is 0 Å². The average molecular weight is 242 g/mol. The van der Waals surface area contributed by atoms with Crippen LogP contribution < -0.4 is 5.32 Å². The monoisotopic (exact) mass is 242 g/mol. The molecule has 3 heteroatoms. The van der Waals surface area contributed by atoms with E-state index in [1.165, 1.54) is 39.0 Å². The van der Waals surface area contributed by atoms with Crippen LogP contribution in [0.3, 0.4) is 0 Å². The maximum absolute atomic E-state index is 5.54. The van der Waals surface area contributed by atoms with Crippen LogP contribution in [0.15, 0.2) is 0 Å². The summed E-state index contributed by atoms with van der Waals surface area (Å²) in [7, 11) is 0. The van der Waals surface area contributed by atoms with Gasteiger partial charge in [-0.25, -0.2) is 0 Å². The van der Waals surface area contributed by atoms with E-state index in [9.17, 15) is 0 Å². The van der Waals surface area contributed by atoms with Crippen LogP contribution in [0.25, 0.3) is 0 Å². The Morgan fingerprint density at radius 2 is 2.18 bits per heavy atom. The number of nitrogens with zero attached hydrogens (tertiary/aromatic N) is 1. The van der Waals surface area contributed by atoms with E-state index in [1.54, 1.807) is 0 Å². The van der Waals surface area contributed by atoms with Gasteiger partial charge in [0.2, 0.25) is 0 Å². The van der Waals surface area contributed by atoms with E-state index >= 15 is 0 Å². The Labute approximate surface area is 107 Å². The maximum atomic E-state index is 5.54. The van der Waals surface area contributed by atoms with Crippen molar-refractivity contribution in [2.75, 3.05) is 39.4 Å². The number of rotatable bonds is 7. The van der Waals surface area contributed by atoms with Crippen molar-refractivity contribution in [2.24, 2.45) is 5.92 Å². The van der Waals surface area contributed by atoms with Gasteiger partial charge in [-0.05, 0) is 38.3 Å². The third-order valence-corrected chi connectivity index (χ3v) is 3.43. The molecule has 0 aliphatic carbocycles. The molecular weight excluding hydrogens is 212 g/mol. The molecule has 0 bridgehead atoms. The van der Waals surface area contributed by atoms with Crippen molar-refractivity contribution in [2.45, 2.75) is 46.1 Å². The molecular formula is C14H30N2O. The van der Waals surface area contributed by atoms with Crippen molar-refractivity contribution in [1.29, 1.82) is 0 Å². The lowest BCUT2D eigenvalue weighted by Gasteiger charge is -2.26. The Balaban J connectivity index is 2.17. The molecule has 1 atom stereocenters. The third-order valence-electron chi connectivity index (χ3n) is 3.43. The number of nitrogens with one attached hydrogen (secondary N) is 1. The summed E-state index contributed by atoms with van der Waals surface area (Å²) in [5.41, 5.74) is 0. The average Bonchev–Trinajstić information content (AvgIpc) is 2.54. The van der Waals surface area contributed by atoms with Crippen molar-refractivity contribution >= 4 is 0 Å². The Morgan fingerprint density at radius 1 is 1.35 bits per heavy atom. The fraction of sp³-hybridized carbons (Fsp3) is 1.00. The molecule has 1 heterocycles. The second-order valence-corrected chi connectivity index (χ2v) is 5.42. The lowest BCUT2D eigenvalue weighted by atomic mass is 10.0. The molecule has 17 heavy (non-hydrogen) atoms. The van der Waals surface area contributed by atoms with Crippen LogP contribution in [0.2, 0.25) is 0 Å². The fourth-order valence-electron chi connectivity index (χ4n) is 2.31. The van der Waals surface area contributed by atoms with E-state index in [0.717, 1.165) is 25.6 Å². The lowest BCUT2D eigenvalue weighted by Crippen LogP contribution is -2.41. The van der Waals surface area contributed by atoms with Gasteiger partial charge in [0, 0.05) is 32.3 Å². The molecule has 0 radical (unpaired) electrons. The lowest BCUT2D eigenvalue weighted by molar-refractivity contribution is 0.119. The van der Waals surface area contributed by atoms with Crippen LogP contribution in [0, 0.1) is 5.92 Å². The van der Waals surface area contributed by atoms with Gasteiger partial charge in [-0.3, -0.25) is 0 Å². The van der Waals surface area contributed by atoms with E-state index in [-0.39, 0.29) is 0 Å². The molecule has 0 aromatic carbocycles. The Bertz CT molecular complexity index is 185. The van der Waals surface area contributed by atoms with E-state index in [4.69, 9.17) is 4.74 Å². The third kappa shape index (κ3) is 6.39. The zero-order valence-electron chi connectivity index (χ0n) is 11.9. The zero-order valence-corrected chi connectivity index (χ0v) is 11.9. The molecule has 3 nitrogen and oxygen atoms in total. The van der Waals surface area contributed by atoms with Gasteiger partial charge in [-0.1, -0.05) is 20.8 Å². The molecule has 1 saturated heterocycles. The first-order chi connectivity index (χ1) is 8.24. The standard InChI is InChI=1S/C14H30N2O/c1-4-10-17-11-6-9-16-8-5-7-15-14(12-16)13(2)3/h13-15H,4-12H2,1-3H3. The Morgan fingerprint density at radius 3 is 2.88 bits per heavy atom. The fourth-order valence-corrected chi connectivity index (χ4v) is 2.31. The summed E-state index contributed by atoms with van der Waals surface area (Å²) < 4.78 is 5.54. The SMILES string of the molecule is CCCOCCCN1CCCNC(C(C)C)C1. The van der Waals surface area contributed by atoms with E-state index in [1.807, 2.05) is 0 Å². The highest BCUT2D eigenvalue weighted by Crippen LogP contribution is 2.08. The number of ether oxygens (including phenoxy) is 1. The minimum Gasteiger partial charge on any atom is -0.381 e. The highest BCUT2D eigenvalue weighted by atomic mass is 16.5. The largest absolute Gasteiger partial charge is 0.381 e. The first-order valence-corrected chi connectivity index (χ1v) is 7.27. The van der Waals surface area contributed by atoms with Crippen molar-refractivity contribution in [3.05, 3.63) is 0 Å². The normalized spacial score (nSPS) is 22.9. The van der Waals surface area contributed by atoms with E-state index in [2.05, 4.69) is 31.0 Å². The van der Waals surface area contributed by atoms with E-state index in [0.29, 0.717) is 6.04 Å². The summed E-state index contributed by atoms with van der Waals surface area (Å²) in [6, 6.07) is 0.661. The summed E-state index contributed by atoms with van der Waals surface area (Å²) in [5.74, 6) is 0.729.